The predicted molar refractivity (Wildman–Crippen MR) is 129 cm³/mol. The minimum atomic E-state index is -0.598. The van der Waals surface area contributed by atoms with Crippen LogP contribution in [0.2, 0.25) is 0 Å². The van der Waals surface area contributed by atoms with Crippen molar-refractivity contribution in [3.05, 3.63) is 92.5 Å². The molecule has 3 rings (SSSR count). The molecule has 0 spiro atoms. The summed E-state index contributed by atoms with van der Waals surface area (Å²) in [5.41, 5.74) is 3.28. The second-order valence-electron chi connectivity index (χ2n) is 7.66. The summed E-state index contributed by atoms with van der Waals surface area (Å²) in [6.07, 6.45) is 1.30. The molecular weight excluding hydrogens is 434 g/mol. The first kappa shape index (κ1) is 24.0. The molecule has 0 aromatic heterocycles. The van der Waals surface area contributed by atoms with Crippen molar-refractivity contribution in [1.82, 2.24) is 0 Å². The number of nitro benzene ring substituents is 1. The molecule has 3 aromatic carbocycles. The van der Waals surface area contributed by atoms with Gasteiger partial charge in [0, 0.05) is 11.8 Å². The van der Waals surface area contributed by atoms with Crippen LogP contribution in [0.25, 0.3) is 6.08 Å². The number of hydrogen-bond donors (Lipinski definition) is 1. The Kier molecular flexibility index (Phi) is 7.29. The molecular formula is C26H23N3O5. The van der Waals surface area contributed by atoms with Crippen LogP contribution in [0.1, 0.15) is 22.3 Å². The smallest absolute Gasteiger partial charge is 0.312 e. The van der Waals surface area contributed by atoms with Gasteiger partial charge in [0.1, 0.15) is 23.1 Å². The minimum absolute atomic E-state index is 0.0289. The standard InChI is InChI=1S/C26H23N3O5/c1-16-11-17(2)25(18(3)12-16)28-26(30)20(15-27)13-19-5-10-24(23(14-19)29(31)32)34-22-8-6-21(33-4)7-9-22/h5-14H,1-4H3,(H,28,30). The second kappa shape index (κ2) is 10.3. The van der Waals surface area contributed by atoms with Crippen molar-refractivity contribution in [3.63, 3.8) is 0 Å². The third-order valence-corrected chi connectivity index (χ3v) is 5.06. The summed E-state index contributed by atoms with van der Waals surface area (Å²) in [6, 6.07) is 16.6. The fraction of sp³-hybridized carbons (Fsp3) is 0.154. The average Bonchev–Trinajstić information content (AvgIpc) is 2.80. The van der Waals surface area contributed by atoms with Crippen molar-refractivity contribution in [2.24, 2.45) is 0 Å². The minimum Gasteiger partial charge on any atom is -0.497 e. The Balaban J connectivity index is 1.88. The van der Waals surface area contributed by atoms with Gasteiger partial charge < -0.3 is 14.8 Å². The molecule has 1 amide bonds. The Hall–Kier alpha value is -4.64. The van der Waals surface area contributed by atoms with Crippen LogP contribution in [0, 0.1) is 42.2 Å². The van der Waals surface area contributed by atoms with Gasteiger partial charge >= 0.3 is 5.69 Å². The number of nitrogens with zero attached hydrogens (tertiary/aromatic N) is 2. The molecule has 0 aliphatic heterocycles. The molecule has 8 heteroatoms. The van der Waals surface area contributed by atoms with Crippen molar-refractivity contribution >= 4 is 23.4 Å². The lowest BCUT2D eigenvalue weighted by atomic mass is 10.0. The van der Waals surface area contributed by atoms with Gasteiger partial charge in [0.2, 0.25) is 5.75 Å². The highest BCUT2D eigenvalue weighted by atomic mass is 16.6. The van der Waals surface area contributed by atoms with E-state index in [0.29, 0.717) is 22.7 Å². The summed E-state index contributed by atoms with van der Waals surface area (Å²) < 4.78 is 10.7. The predicted octanol–water partition coefficient (Wildman–Crippen LogP) is 5.87. The second-order valence-corrected chi connectivity index (χ2v) is 7.66. The van der Waals surface area contributed by atoms with Gasteiger partial charge in [-0.3, -0.25) is 14.9 Å². The van der Waals surface area contributed by atoms with E-state index in [1.54, 1.807) is 30.3 Å². The average molecular weight is 457 g/mol. The zero-order chi connectivity index (χ0) is 24.8. The molecule has 0 heterocycles. The molecule has 1 N–H and O–H groups in total. The molecule has 0 saturated carbocycles. The highest BCUT2D eigenvalue weighted by Crippen LogP contribution is 2.33. The lowest BCUT2D eigenvalue weighted by molar-refractivity contribution is -0.385. The van der Waals surface area contributed by atoms with Crippen molar-refractivity contribution in [2.75, 3.05) is 12.4 Å². The molecule has 0 fully saturated rings. The first-order valence-electron chi connectivity index (χ1n) is 10.3. The molecule has 0 unspecified atom stereocenters. The zero-order valence-electron chi connectivity index (χ0n) is 19.2. The number of carbonyl (C=O) groups is 1. The molecule has 8 nitrogen and oxygen atoms in total. The largest absolute Gasteiger partial charge is 0.497 e. The van der Waals surface area contributed by atoms with Gasteiger partial charge in [0.05, 0.1) is 12.0 Å². The summed E-state index contributed by atoms with van der Waals surface area (Å²) in [5.74, 6) is 0.453. The van der Waals surface area contributed by atoms with Gasteiger partial charge in [0.15, 0.2) is 0 Å². The lowest BCUT2D eigenvalue weighted by Crippen LogP contribution is -2.15. The maximum atomic E-state index is 12.7. The van der Waals surface area contributed by atoms with E-state index in [9.17, 15) is 20.2 Å². The van der Waals surface area contributed by atoms with Crippen molar-refractivity contribution in [1.29, 1.82) is 5.26 Å². The van der Waals surface area contributed by atoms with Gasteiger partial charge in [-0.25, -0.2) is 0 Å². The van der Waals surface area contributed by atoms with Gasteiger partial charge in [0.25, 0.3) is 5.91 Å². The highest BCUT2D eigenvalue weighted by Gasteiger charge is 2.18. The fourth-order valence-electron chi connectivity index (χ4n) is 3.50. The normalized spacial score (nSPS) is 10.9. The summed E-state index contributed by atoms with van der Waals surface area (Å²) in [5, 5.41) is 23.9. The SMILES string of the molecule is COc1ccc(Oc2ccc(C=C(C#N)C(=O)Nc3c(C)cc(C)cc3C)cc2[N+](=O)[O-])cc1. The number of hydrogen-bond acceptors (Lipinski definition) is 6. The number of aryl methyl sites for hydroxylation is 3. The van der Waals surface area contributed by atoms with Crippen LogP contribution < -0.4 is 14.8 Å². The number of nitro groups is 1. The van der Waals surface area contributed by atoms with Crippen LogP contribution in [0.3, 0.4) is 0 Å². The number of nitrogens with one attached hydrogen (secondary N) is 1. The molecule has 0 atom stereocenters. The van der Waals surface area contributed by atoms with E-state index in [1.807, 2.05) is 39.0 Å². The number of anilines is 1. The topological polar surface area (TPSA) is 114 Å². The molecule has 0 aliphatic rings. The monoisotopic (exact) mass is 457 g/mol. The number of amides is 1. The quantitative estimate of drug-likeness (QED) is 0.205. The summed E-state index contributed by atoms with van der Waals surface area (Å²) in [6.45, 7) is 5.70. The molecule has 0 aliphatic carbocycles. The molecule has 0 bridgehead atoms. The van der Waals surface area contributed by atoms with Crippen LogP contribution >= 0.6 is 0 Å². The Bertz CT molecular complexity index is 1300. The van der Waals surface area contributed by atoms with E-state index in [-0.39, 0.29) is 17.0 Å². The fourth-order valence-corrected chi connectivity index (χ4v) is 3.50. The number of ether oxygens (including phenoxy) is 2. The van der Waals surface area contributed by atoms with Crippen LogP contribution in [0.4, 0.5) is 11.4 Å². The van der Waals surface area contributed by atoms with Crippen LogP contribution in [0.15, 0.2) is 60.2 Å². The summed E-state index contributed by atoms with van der Waals surface area (Å²) in [4.78, 5) is 23.8. The first-order chi connectivity index (χ1) is 16.2. The van der Waals surface area contributed by atoms with Gasteiger partial charge in [-0.1, -0.05) is 23.8 Å². The number of carbonyl (C=O) groups excluding carboxylic acids is 1. The van der Waals surface area contributed by atoms with Crippen molar-refractivity contribution in [2.45, 2.75) is 20.8 Å². The number of nitriles is 1. The maximum absolute atomic E-state index is 12.7. The molecule has 34 heavy (non-hydrogen) atoms. The lowest BCUT2D eigenvalue weighted by Gasteiger charge is -2.12. The number of benzene rings is 3. The van der Waals surface area contributed by atoms with Crippen molar-refractivity contribution in [3.8, 4) is 23.3 Å². The Labute approximate surface area is 197 Å². The van der Waals surface area contributed by atoms with Crippen LogP contribution in [-0.4, -0.2) is 17.9 Å². The Morgan fingerprint density at radius 2 is 1.65 bits per heavy atom. The van der Waals surface area contributed by atoms with Gasteiger partial charge in [-0.05, 0) is 73.9 Å². The van der Waals surface area contributed by atoms with E-state index in [4.69, 9.17) is 9.47 Å². The maximum Gasteiger partial charge on any atom is 0.312 e. The van der Waals surface area contributed by atoms with E-state index in [2.05, 4.69) is 5.32 Å². The number of methoxy groups -OCH3 is 1. The van der Waals surface area contributed by atoms with E-state index in [0.717, 1.165) is 16.7 Å². The van der Waals surface area contributed by atoms with E-state index in [1.165, 1.54) is 25.3 Å². The summed E-state index contributed by atoms with van der Waals surface area (Å²) >= 11 is 0. The zero-order valence-corrected chi connectivity index (χ0v) is 19.2. The van der Waals surface area contributed by atoms with Crippen molar-refractivity contribution < 1.29 is 19.2 Å². The third-order valence-electron chi connectivity index (χ3n) is 5.06. The van der Waals surface area contributed by atoms with Gasteiger partial charge in [-0.2, -0.15) is 5.26 Å². The highest BCUT2D eigenvalue weighted by molar-refractivity contribution is 6.10. The van der Waals surface area contributed by atoms with Crippen LogP contribution in [0.5, 0.6) is 17.2 Å². The van der Waals surface area contributed by atoms with Crippen LogP contribution in [-0.2, 0) is 4.79 Å². The molecule has 3 aromatic rings. The molecule has 172 valence electrons. The van der Waals surface area contributed by atoms with Gasteiger partial charge in [-0.15, -0.1) is 0 Å². The summed E-state index contributed by atoms with van der Waals surface area (Å²) in [7, 11) is 1.53. The Morgan fingerprint density at radius 3 is 2.21 bits per heavy atom. The number of rotatable bonds is 7. The third kappa shape index (κ3) is 5.58. The molecule has 0 saturated heterocycles. The van der Waals surface area contributed by atoms with E-state index >= 15 is 0 Å². The molecule has 0 radical (unpaired) electrons. The Morgan fingerprint density at radius 1 is 1.03 bits per heavy atom. The van der Waals surface area contributed by atoms with E-state index < -0.39 is 10.8 Å². The first-order valence-corrected chi connectivity index (χ1v) is 10.3.